The van der Waals surface area contributed by atoms with E-state index in [2.05, 4.69) is 43.5 Å². The predicted molar refractivity (Wildman–Crippen MR) is 76.1 cm³/mol. The van der Waals surface area contributed by atoms with Gasteiger partial charge in [0, 0.05) is 18.1 Å². The van der Waals surface area contributed by atoms with E-state index in [1.807, 2.05) is 24.1 Å². The normalized spacial score (nSPS) is 10.2. The molecular weight excluding hydrogens is 294 g/mol. The van der Waals surface area contributed by atoms with Crippen molar-refractivity contribution in [2.24, 2.45) is 5.84 Å². The van der Waals surface area contributed by atoms with Gasteiger partial charge >= 0.3 is 0 Å². The number of nitrogens with two attached hydrogens (primary N) is 1. The molecule has 1 heterocycles. The van der Waals surface area contributed by atoms with Crippen molar-refractivity contribution in [2.45, 2.75) is 6.54 Å². The third-order valence-electron chi connectivity index (χ3n) is 2.49. The molecule has 5 nitrogen and oxygen atoms in total. The third-order valence-corrected chi connectivity index (χ3v) is 3.02. The van der Waals surface area contributed by atoms with Crippen molar-refractivity contribution in [2.75, 3.05) is 17.4 Å². The standard InChI is InChI=1S/C12H14BrN5/c1-18(8-9-2-4-10(13)5-3-9)12-7-15-6-11(16-12)17-14/h2-7H,8,14H2,1H3,(H,16,17). The van der Waals surface area contributed by atoms with E-state index in [1.54, 1.807) is 12.4 Å². The minimum Gasteiger partial charge on any atom is -0.354 e. The number of halogens is 1. The minimum atomic E-state index is 0.551. The molecule has 0 fully saturated rings. The van der Waals surface area contributed by atoms with Gasteiger partial charge in [-0.3, -0.25) is 4.98 Å². The monoisotopic (exact) mass is 307 g/mol. The fourth-order valence-corrected chi connectivity index (χ4v) is 1.82. The van der Waals surface area contributed by atoms with Crippen LogP contribution in [0.15, 0.2) is 41.1 Å². The molecule has 0 radical (unpaired) electrons. The van der Waals surface area contributed by atoms with E-state index in [1.165, 1.54) is 5.56 Å². The predicted octanol–water partition coefficient (Wildman–Crippen LogP) is 2.16. The summed E-state index contributed by atoms with van der Waals surface area (Å²) in [7, 11) is 1.96. The maximum Gasteiger partial charge on any atom is 0.160 e. The van der Waals surface area contributed by atoms with E-state index in [9.17, 15) is 0 Å². The quantitative estimate of drug-likeness (QED) is 0.669. The fourth-order valence-electron chi connectivity index (χ4n) is 1.55. The van der Waals surface area contributed by atoms with Crippen LogP contribution in [0.5, 0.6) is 0 Å². The summed E-state index contributed by atoms with van der Waals surface area (Å²) in [4.78, 5) is 10.4. The Morgan fingerprint density at radius 1 is 1.28 bits per heavy atom. The Morgan fingerprint density at radius 2 is 2.00 bits per heavy atom. The molecule has 1 aromatic heterocycles. The van der Waals surface area contributed by atoms with Gasteiger partial charge in [0.1, 0.15) is 5.82 Å². The van der Waals surface area contributed by atoms with Crippen LogP contribution in [0.25, 0.3) is 0 Å². The zero-order valence-electron chi connectivity index (χ0n) is 9.97. The summed E-state index contributed by atoms with van der Waals surface area (Å²) in [6.45, 7) is 0.760. The Kier molecular flexibility index (Phi) is 4.11. The lowest BCUT2D eigenvalue weighted by Crippen LogP contribution is -2.19. The summed E-state index contributed by atoms with van der Waals surface area (Å²) in [6.07, 6.45) is 3.29. The molecule has 1 aromatic carbocycles. The van der Waals surface area contributed by atoms with Gasteiger partial charge in [-0.05, 0) is 17.7 Å². The molecule has 0 amide bonds. The van der Waals surface area contributed by atoms with Crippen LogP contribution >= 0.6 is 15.9 Å². The van der Waals surface area contributed by atoms with Gasteiger partial charge < -0.3 is 10.3 Å². The number of hydrogen-bond acceptors (Lipinski definition) is 5. The van der Waals surface area contributed by atoms with Crippen LogP contribution in [0.3, 0.4) is 0 Å². The summed E-state index contributed by atoms with van der Waals surface area (Å²) in [6, 6.07) is 8.18. The molecule has 0 unspecified atom stereocenters. The number of hydrogen-bond donors (Lipinski definition) is 2. The fraction of sp³-hybridized carbons (Fsp3) is 0.167. The van der Waals surface area contributed by atoms with Gasteiger partial charge in [0.15, 0.2) is 5.82 Å². The van der Waals surface area contributed by atoms with Crippen LogP contribution < -0.4 is 16.2 Å². The van der Waals surface area contributed by atoms with Crippen LogP contribution in [0, 0.1) is 0 Å². The van der Waals surface area contributed by atoms with E-state index in [-0.39, 0.29) is 0 Å². The zero-order valence-corrected chi connectivity index (χ0v) is 11.6. The third kappa shape index (κ3) is 3.18. The zero-order chi connectivity index (χ0) is 13.0. The van der Waals surface area contributed by atoms with E-state index in [0.29, 0.717) is 5.82 Å². The number of aromatic nitrogens is 2. The van der Waals surface area contributed by atoms with E-state index in [4.69, 9.17) is 5.84 Å². The van der Waals surface area contributed by atoms with Crippen LogP contribution in [0.2, 0.25) is 0 Å². The molecule has 6 heteroatoms. The van der Waals surface area contributed by atoms with Gasteiger partial charge in [0.2, 0.25) is 0 Å². The van der Waals surface area contributed by atoms with Crippen molar-refractivity contribution >= 4 is 27.6 Å². The van der Waals surface area contributed by atoms with Gasteiger partial charge in [0.05, 0.1) is 12.4 Å². The second kappa shape index (κ2) is 5.79. The SMILES string of the molecule is CN(Cc1ccc(Br)cc1)c1cncc(NN)n1. The molecule has 0 bridgehead atoms. The first-order chi connectivity index (χ1) is 8.69. The maximum absolute atomic E-state index is 5.31. The molecule has 0 aliphatic rings. The van der Waals surface area contributed by atoms with Gasteiger partial charge in [-0.2, -0.15) is 0 Å². The number of rotatable bonds is 4. The Balaban J connectivity index is 2.11. The highest BCUT2D eigenvalue weighted by Crippen LogP contribution is 2.15. The topological polar surface area (TPSA) is 67.1 Å². The van der Waals surface area contributed by atoms with Gasteiger partial charge in [-0.1, -0.05) is 28.1 Å². The molecular formula is C12H14BrN5. The number of benzene rings is 1. The summed E-state index contributed by atoms with van der Waals surface area (Å²) >= 11 is 3.42. The molecule has 3 N–H and O–H groups in total. The van der Waals surface area contributed by atoms with Gasteiger partial charge in [-0.15, -0.1) is 0 Å². The first kappa shape index (κ1) is 12.8. The lowest BCUT2D eigenvalue weighted by Gasteiger charge is -2.18. The summed E-state index contributed by atoms with van der Waals surface area (Å²) in [5.74, 6) is 6.63. The van der Waals surface area contributed by atoms with E-state index >= 15 is 0 Å². The lowest BCUT2D eigenvalue weighted by molar-refractivity contribution is 0.890. The molecule has 0 saturated carbocycles. The molecule has 0 atom stereocenters. The molecule has 2 aromatic rings. The molecule has 0 spiro atoms. The van der Waals surface area contributed by atoms with Crippen LogP contribution in [0.1, 0.15) is 5.56 Å². The Bertz CT molecular complexity index is 514. The number of anilines is 2. The molecule has 0 aliphatic carbocycles. The van der Waals surface area contributed by atoms with E-state index in [0.717, 1.165) is 16.8 Å². The average Bonchev–Trinajstić information content (AvgIpc) is 2.41. The van der Waals surface area contributed by atoms with Crippen LogP contribution in [-0.2, 0) is 6.54 Å². The van der Waals surface area contributed by atoms with Crippen LogP contribution in [0.4, 0.5) is 11.6 Å². The summed E-state index contributed by atoms with van der Waals surface area (Å²) < 4.78 is 1.07. The van der Waals surface area contributed by atoms with Crippen molar-refractivity contribution in [3.63, 3.8) is 0 Å². The van der Waals surface area contributed by atoms with Crippen molar-refractivity contribution in [1.29, 1.82) is 0 Å². The molecule has 0 aliphatic heterocycles. The largest absolute Gasteiger partial charge is 0.354 e. The minimum absolute atomic E-state index is 0.551. The first-order valence-electron chi connectivity index (χ1n) is 5.43. The highest BCUT2D eigenvalue weighted by Gasteiger charge is 2.05. The van der Waals surface area contributed by atoms with Crippen molar-refractivity contribution < 1.29 is 0 Å². The Morgan fingerprint density at radius 3 is 2.67 bits per heavy atom. The van der Waals surface area contributed by atoms with E-state index < -0.39 is 0 Å². The Labute approximate surface area is 114 Å². The second-order valence-electron chi connectivity index (χ2n) is 3.89. The molecule has 2 rings (SSSR count). The summed E-state index contributed by atoms with van der Waals surface area (Å²) in [5, 5.41) is 0. The van der Waals surface area contributed by atoms with Crippen LogP contribution in [-0.4, -0.2) is 17.0 Å². The highest BCUT2D eigenvalue weighted by molar-refractivity contribution is 9.10. The number of hydrazine groups is 1. The smallest absolute Gasteiger partial charge is 0.160 e. The average molecular weight is 308 g/mol. The first-order valence-corrected chi connectivity index (χ1v) is 6.22. The van der Waals surface area contributed by atoms with Gasteiger partial charge in [-0.25, -0.2) is 10.8 Å². The second-order valence-corrected chi connectivity index (χ2v) is 4.81. The number of nitrogens with one attached hydrogen (secondary N) is 1. The van der Waals surface area contributed by atoms with Crippen molar-refractivity contribution in [1.82, 2.24) is 9.97 Å². The molecule has 18 heavy (non-hydrogen) atoms. The number of nitrogen functional groups attached to an aromatic ring is 1. The maximum atomic E-state index is 5.31. The molecule has 0 saturated heterocycles. The van der Waals surface area contributed by atoms with Crippen molar-refractivity contribution in [3.8, 4) is 0 Å². The molecule has 94 valence electrons. The lowest BCUT2D eigenvalue weighted by atomic mass is 10.2. The van der Waals surface area contributed by atoms with Gasteiger partial charge in [0.25, 0.3) is 0 Å². The van der Waals surface area contributed by atoms with Crippen molar-refractivity contribution in [3.05, 3.63) is 46.7 Å². The highest BCUT2D eigenvalue weighted by atomic mass is 79.9. The Hall–Kier alpha value is -1.66. The number of nitrogens with zero attached hydrogens (tertiary/aromatic N) is 3. The summed E-state index contributed by atoms with van der Waals surface area (Å²) in [5.41, 5.74) is 3.69.